The fourth-order valence-electron chi connectivity index (χ4n) is 18.5. The molecule has 24 radical (unpaired) electrons. The quantitative estimate of drug-likeness (QED) is 0.0644. The minimum atomic E-state index is 0. The predicted molar refractivity (Wildman–Crippen MR) is 527 cm³/mol. The van der Waals surface area contributed by atoms with E-state index in [2.05, 4.69) is 204 Å². The van der Waals surface area contributed by atoms with Crippen LogP contribution in [0.2, 0.25) is 0 Å². The van der Waals surface area contributed by atoms with Gasteiger partial charge in [-0.05, 0) is 182 Å². The molecule has 28 heteroatoms. The summed E-state index contributed by atoms with van der Waals surface area (Å²) in [4.78, 5) is 11.5. The maximum absolute atomic E-state index is 4.23. The second-order valence-corrected chi connectivity index (χ2v) is 28.1. The van der Waals surface area contributed by atoms with Crippen LogP contribution in [0.5, 0.6) is 0 Å². The van der Waals surface area contributed by atoms with Gasteiger partial charge >= 0.3 is 0 Å². The number of hydrazine groups is 3. The van der Waals surface area contributed by atoms with E-state index in [1.807, 2.05) is 79.6 Å². The van der Waals surface area contributed by atoms with Gasteiger partial charge in [-0.1, -0.05) is 229 Å². The van der Waals surface area contributed by atoms with Crippen LogP contribution >= 0.6 is 0 Å². The summed E-state index contributed by atoms with van der Waals surface area (Å²) in [6.45, 7) is 2.28. The molecule has 12 atom stereocenters. The molecule has 119 heavy (non-hydrogen) atoms. The van der Waals surface area contributed by atoms with Crippen LogP contribution in [0.3, 0.4) is 0 Å². The van der Waals surface area contributed by atoms with Crippen molar-refractivity contribution in [2.45, 2.75) is 238 Å². The molecule has 24 rings (SSSR count). The largest absolute Gasteiger partial charge is 0.346 e. The molecule has 12 unspecified atom stereocenters. The summed E-state index contributed by atoms with van der Waals surface area (Å²) in [5.41, 5.74) is 34.4. The van der Waals surface area contributed by atoms with E-state index >= 15 is 0 Å². The van der Waals surface area contributed by atoms with Crippen molar-refractivity contribution in [1.29, 1.82) is 0 Å². The van der Waals surface area contributed by atoms with Gasteiger partial charge in [0, 0.05) is 170 Å². The minimum Gasteiger partial charge on any atom is -0.346 e. The average molecular weight is 1610 g/mol. The summed E-state index contributed by atoms with van der Waals surface area (Å²) >= 11 is 0. The molecule has 11 aliphatic carbocycles. The Balaban J connectivity index is -0.000000234. The molecule has 19 aliphatic rings. The molecule has 0 aromatic carbocycles. The van der Waals surface area contributed by atoms with Crippen LogP contribution in [0.25, 0.3) is 83.9 Å². The van der Waals surface area contributed by atoms with E-state index in [9.17, 15) is 0 Å². The van der Waals surface area contributed by atoms with Gasteiger partial charge in [0.25, 0.3) is 0 Å². The average Bonchev–Trinajstić information content (AvgIpc) is 1.73. The molecule has 12 N–H and O–H groups in total. The fraction of sp³-hybridized carbons (Fsp3) is 0.484. The van der Waals surface area contributed by atoms with E-state index < -0.39 is 0 Å². The minimum absolute atomic E-state index is 0. The number of fused-ring (bicyclic) bond motifs is 24. The van der Waals surface area contributed by atoms with Gasteiger partial charge in [-0.3, -0.25) is 30.9 Å². The van der Waals surface area contributed by atoms with Crippen molar-refractivity contribution in [3.63, 3.8) is 0 Å². The van der Waals surface area contributed by atoms with Crippen molar-refractivity contribution in [3.8, 4) is 55.9 Å². The standard InChI is InChI=1S/2C10H8N2.2C10H18N2.3C9H7N3.C9H17N3.15CH4.8B/c1-2-8-5-7-12-10(4-6-11-12)9(8)3-1;1-2-8-4-5-10-11-6-7-12(10)9(8)3-1;1-2-7-4-5-10-9(6-11-12-10)8(7)3-1;1-2-7-4-5-9-10(8(7)3-1)12-6-11-9;1-2-7-4-5-12-9(8(7)3-1)10-6-11-12;1-2-7-4-5-12-9(6-10-11-12)8(7)3-1;1-2-7-4-5-9-10-6-11-12(9)8(7)3-1;1-2-6-4-5-8-9(7(6)3-1)11-12-10-8;;;;;;;;;;;;;;;;;;;;;;;/h2*1-7,11H;2*7-12H,1-6H2;1-6H,(H,10,11);1-6,11H;1-6H,(H,10,11);6-12H,1-5H2;15*1H4;;;;;;;;. The summed E-state index contributed by atoms with van der Waals surface area (Å²) < 4.78 is 9.94. The highest BCUT2D eigenvalue weighted by atomic mass is 15.7. The molecule has 0 bridgehead atoms. The summed E-state index contributed by atoms with van der Waals surface area (Å²) in [6, 6.07) is 51.8. The molecule has 13 heterocycles. The number of aromatic amines is 5. The first-order chi connectivity index (χ1) is 47.6. The van der Waals surface area contributed by atoms with Gasteiger partial charge in [-0.25, -0.2) is 39.6 Å². The van der Waals surface area contributed by atoms with Crippen LogP contribution in [0.15, 0.2) is 196 Å². The third-order valence-electron chi connectivity index (χ3n) is 23.2. The van der Waals surface area contributed by atoms with E-state index in [0.29, 0.717) is 12.1 Å². The number of pyridine rings is 5. The number of H-pyrrole nitrogens is 5. The first-order valence-electron chi connectivity index (χ1n) is 35.6. The third-order valence-corrected chi connectivity index (χ3v) is 23.2. The number of rotatable bonds is 0. The van der Waals surface area contributed by atoms with Gasteiger partial charge in [0.05, 0.1) is 28.6 Å². The summed E-state index contributed by atoms with van der Waals surface area (Å²) in [6.07, 6.45) is 39.2. The van der Waals surface area contributed by atoms with Gasteiger partial charge in [0.2, 0.25) is 0 Å². The normalized spacial score (nSPS) is 21.4. The Morgan fingerprint density at radius 3 is 1.53 bits per heavy atom. The van der Waals surface area contributed by atoms with E-state index in [1.165, 1.54) is 164 Å². The number of imidazole rings is 1. The SMILES string of the molecule is C.C.C.C.C.C.C.C.C.C.C.C.C.C.C.C1CC2CCC3NCNC3C2C1.C1CC2CCC3NNCC3C2C1.C1CC2CCC3NNNC3C2C1.[B].[B].[B].[B].[B].[B].[B].[B].c1cc2ccc3[nH]ccn3c-2c1.c1cc2ccc3nc[nH]n3c-2c1.c1cc2ccn3[nH]ccc3c-2c1.c1cc2ccn3[nH]cnc3c-2c1.c1cc2ccn3[nH]ncc3c-2c1. The van der Waals surface area contributed by atoms with Crippen LogP contribution in [-0.2, 0) is 0 Å². The highest BCUT2D eigenvalue weighted by Crippen LogP contribution is 2.47. The Morgan fingerprint density at radius 2 is 0.874 bits per heavy atom. The summed E-state index contributed by atoms with van der Waals surface area (Å²) in [7, 11) is 0. The van der Waals surface area contributed by atoms with Crippen LogP contribution in [0.1, 0.15) is 208 Å². The lowest BCUT2D eigenvalue weighted by atomic mass is 9.72. The maximum Gasteiger partial charge on any atom is 0.160 e. The molecular formula is C91H150B8N20. The Labute approximate surface area is 735 Å². The first-order valence-corrected chi connectivity index (χ1v) is 35.6. The molecule has 0 spiro atoms. The van der Waals surface area contributed by atoms with Crippen molar-refractivity contribution >= 4 is 95.3 Å². The number of hydrogen-bond acceptors (Lipinski definition) is 10. The van der Waals surface area contributed by atoms with Crippen molar-refractivity contribution in [1.82, 2.24) is 101 Å². The zero-order valence-electron chi connectivity index (χ0n) is 59.1. The first kappa shape index (κ1) is 124. The van der Waals surface area contributed by atoms with Gasteiger partial charge in [0.1, 0.15) is 18.3 Å². The van der Waals surface area contributed by atoms with Crippen LogP contribution in [0, 0.1) is 41.4 Å². The molecule has 6 saturated carbocycles. The molecule has 5 aromatic heterocycles. The van der Waals surface area contributed by atoms with E-state index in [0.717, 1.165) is 88.7 Å². The number of aromatic nitrogens is 13. The van der Waals surface area contributed by atoms with Gasteiger partial charge in [0.15, 0.2) is 11.3 Å². The van der Waals surface area contributed by atoms with Crippen LogP contribution in [-0.4, -0.2) is 174 Å². The highest BCUT2D eigenvalue weighted by molar-refractivity contribution is 5.83. The summed E-state index contributed by atoms with van der Waals surface area (Å²) in [5, 5.41) is 23.2. The molecule has 20 nitrogen and oxygen atoms in total. The van der Waals surface area contributed by atoms with Crippen LogP contribution in [0.4, 0.5) is 0 Å². The van der Waals surface area contributed by atoms with Crippen molar-refractivity contribution < 1.29 is 0 Å². The molecular weight excluding hydrogens is 1460 g/mol. The Bertz CT molecular complexity index is 4050. The lowest BCUT2D eigenvalue weighted by molar-refractivity contribution is 0.176. The van der Waals surface area contributed by atoms with E-state index in [4.69, 9.17) is 0 Å². The predicted octanol–water partition coefficient (Wildman–Crippen LogP) is 19.5. The number of nitrogens with one attached hydrogen (secondary N) is 12. The smallest absolute Gasteiger partial charge is 0.160 e. The van der Waals surface area contributed by atoms with Crippen molar-refractivity contribution in [2.24, 2.45) is 41.4 Å². The Kier molecular flexibility index (Phi) is 58.4. The topological polar surface area (TPSA) is 224 Å². The van der Waals surface area contributed by atoms with E-state index in [1.54, 1.807) is 12.7 Å². The number of hydrogen-bond donors (Lipinski definition) is 12. The monoisotopic (exact) mass is 1610 g/mol. The van der Waals surface area contributed by atoms with Gasteiger partial charge in [-0.15, -0.1) is 0 Å². The second-order valence-electron chi connectivity index (χ2n) is 28.1. The van der Waals surface area contributed by atoms with Gasteiger partial charge < -0.3 is 19.8 Å². The third kappa shape index (κ3) is 25.3. The molecule has 3 saturated heterocycles. The summed E-state index contributed by atoms with van der Waals surface area (Å²) in [5.74, 6) is 7.18. The highest BCUT2D eigenvalue weighted by Gasteiger charge is 2.46. The van der Waals surface area contributed by atoms with Crippen LogP contribution < -0.4 is 37.9 Å². The molecule has 9 fully saturated rings. The van der Waals surface area contributed by atoms with E-state index in [-0.39, 0.29) is 179 Å². The Morgan fingerprint density at radius 1 is 0.353 bits per heavy atom. The Hall–Kier alpha value is -8.47. The lowest BCUT2D eigenvalue weighted by Gasteiger charge is -2.35. The molecule has 0 amide bonds. The second kappa shape index (κ2) is 56.2. The molecule has 8 aliphatic heterocycles. The molecule has 5 aromatic rings. The zero-order chi connectivity index (χ0) is 63.7. The van der Waals surface area contributed by atoms with Crippen molar-refractivity contribution in [2.75, 3.05) is 13.2 Å². The number of nitrogens with zero attached hydrogens (tertiary/aromatic N) is 8. The van der Waals surface area contributed by atoms with Gasteiger partial charge in [-0.2, -0.15) is 10.6 Å². The zero-order valence-corrected chi connectivity index (χ0v) is 59.1. The fourth-order valence-corrected chi connectivity index (χ4v) is 18.5. The van der Waals surface area contributed by atoms with Crippen molar-refractivity contribution in [3.05, 3.63) is 196 Å². The maximum atomic E-state index is 4.23. The molecule has 638 valence electrons. The lowest BCUT2D eigenvalue weighted by Crippen LogP contribution is -2.45.